The van der Waals surface area contributed by atoms with Crippen molar-refractivity contribution in [3.63, 3.8) is 0 Å². The zero-order valence-electron chi connectivity index (χ0n) is 12.9. The van der Waals surface area contributed by atoms with E-state index >= 15 is 0 Å². The van der Waals surface area contributed by atoms with E-state index in [1.165, 1.54) is 5.56 Å². The molecule has 0 bridgehead atoms. The van der Waals surface area contributed by atoms with Gasteiger partial charge in [0.25, 0.3) is 0 Å². The molecule has 2 aromatic rings. The Hall–Kier alpha value is -2.33. The monoisotopic (exact) mass is 311 g/mol. The summed E-state index contributed by atoms with van der Waals surface area (Å²) in [6.07, 6.45) is 1.86. The number of piperidine rings is 1. The van der Waals surface area contributed by atoms with Gasteiger partial charge in [-0.3, -0.25) is 9.69 Å². The quantitative estimate of drug-likeness (QED) is 0.908. The lowest BCUT2D eigenvalue weighted by Crippen LogP contribution is -2.39. The third-order valence-corrected chi connectivity index (χ3v) is 4.61. The third-order valence-electron chi connectivity index (χ3n) is 4.61. The van der Waals surface area contributed by atoms with E-state index in [-0.39, 0.29) is 5.75 Å². The molecule has 0 amide bonds. The van der Waals surface area contributed by atoms with Gasteiger partial charge in [0.05, 0.1) is 0 Å². The van der Waals surface area contributed by atoms with Crippen molar-refractivity contribution in [2.24, 2.45) is 0 Å². The molecule has 1 fully saturated rings. The fourth-order valence-electron chi connectivity index (χ4n) is 3.38. The molecule has 4 nitrogen and oxygen atoms in total. The first-order chi connectivity index (χ1) is 11.1. The van der Waals surface area contributed by atoms with Gasteiger partial charge in [0.1, 0.15) is 11.8 Å². The molecule has 23 heavy (non-hydrogen) atoms. The number of carboxylic acids is 1. The van der Waals surface area contributed by atoms with Crippen LogP contribution in [0.1, 0.15) is 35.9 Å². The van der Waals surface area contributed by atoms with Crippen LogP contribution in [0.4, 0.5) is 0 Å². The van der Waals surface area contributed by atoms with Gasteiger partial charge in [-0.15, -0.1) is 0 Å². The summed E-state index contributed by atoms with van der Waals surface area (Å²) >= 11 is 0. The van der Waals surface area contributed by atoms with E-state index < -0.39 is 12.0 Å². The number of phenols is 1. The molecule has 1 heterocycles. The standard InChI is InChI=1S/C19H21NO3/c21-17-8-6-14(7-9-17)15-10-12-20(13-11-15)18(19(22)23)16-4-2-1-3-5-16/h1-9,15,18,21H,10-13H2,(H,22,23)/t18-/m1/s1. The number of likely N-dealkylation sites (tertiary alicyclic amines) is 1. The van der Waals surface area contributed by atoms with Crippen molar-refractivity contribution in [2.75, 3.05) is 13.1 Å². The van der Waals surface area contributed by atoms with Gasteiger partial charge in [-0.25, -0.2) is 0 Å². The van der Waals surface area contributed by atoms with Gasteiger partial charge >= 0.3 is 5.97 Å². The van der Waals surface area contributed by atoms with Crippen LogP contribution in [0.2, 0.25) is 0 Å². The second-order valence-corrected chi connectivity index (χ2v) is 6.05. The van der Waals surface area contributed by atoms with Crippen LogP contribution in [-0.2, 0) is 4.79 Å². The molecular weight excluding hydrogens is 290 g/mol. The number of aromatic hydroxyl groups is 1. The zero-order valence-corrected chi connectivity index (χ0v) is 12.9. The lowest BCUT2D eigenvalue weighted by molar-refractivity contribution is -0.144. The van der Waals surface area contributed by atoms with E-state index in [9.17, 15) is 15.0 Å². The summed E-state index contributed by atoms with van der Waals surface area (Å²) in [5.41, 5.74) is 2.05. The largest absolute Gasteiger partial charge is 0.508 e. The first-order valence-electron chi connectivity index (χ1n) is 7.96. The predicted octanol–water partition coefficient (Wildman–Crippen LogP) is 3.40. The molecule has 1 aliphatic heterocycles. The van der Waals surface area contributed by atoms with Gasteiger partial charge in [-0.2, -0.15) is 0 Å². The summed E-state index contributed by atoms with van der Waals surface area (Å²) in [7, 11) is 0. The Morgan fingerprint density at radius 1 is 1.00 bits per heavy atom. The van der Waals surface area contributed by atoms with Crippen LogP contribution in [0, 0.1) is 0 Å². The van der Waals surface area contributed by atoms with Crippen LogP contribution in [0.3, 0.4) is 0 Å². The average Bonchev–Trinajstić information content (AvgIpc) is 2.57. The predicted molar refractivity (Wildman–Crippen MR) is 88.5 cm³/mol. The number of phenolic OH excluding ortho intramolecular Hbond substituents is 1. The molecule has 3 rings (SSSR count). The number of hydrogen-bond acceptors (Lipinski definition) is 3. The Balaban J connectivity index is 1.69. The second-order valence-electron chi connectivity index (χ2n) is 6.05. The molecule has 120 valence electrons. The van der Waals surface area contributed by atoms with Crippen molar-refractivity contribution in [1.29, 1.82) is 0 Å². The fourth-order valence-corrected chi connectivity index (χ4v) is 3.38. The number of carboxylic acid groups (broad SMARTS) is 1. The van der Waals surface area contributed by atoms with Gasteiger partial charge in [0.2, 0.25) is 0 Å². The lowest BCUT2D eigenvalue weighted by Gasteiger charge is -2.36. The molecular formula is C19H21NO3. The van der Waals surface area contributed by atoms with Crippen LogP contribution in [0.15, 0.2) is 54.6 Å². The van der Waals surface area contributed by atoms with Crippen molar-refractivity contribution < 1.29 is 15.0 Å². The lowest BCUT2D eigenvalue weighted by atomic mass is 9.88. The number of carbonyl (C=O) groups is 1. The Morgan fingerprint density at radius 3 is 2.17 bits per heavy atom. The number of benzene rings is 2. The topological polar surface area (TPSA) is 60.8 Å². The Labute approximate surface area is 136 Å². The SMILES string of the molecule is O=C(O)[C@@H](c1ccccc1)N1CCC(c2ccc(O)cc2)CC1. The highest BCUT2D eigenvalue weighted by Gasteiger charge is 2.31. The molecule has 0 aromatic heterocycles. The highest BCUT2D eigenvalue weighted by Crippen LogP contribution is 2.33. The van der Waals surface area contributed by atoms with Crippen molar-refractivity contribution in [2.45, 2.75) is 24.8 Å². The molecule has 0 saturated carbocycles. The van der Waals surface area contributed by atoms with Crippen molar-refractivity contribution in [1.82, 2.24) is 4.90 Å². The van der Waals surface area contributed by atoms with E-state index in [0.717, 1.165) is 31.5 Å². The molecule has 1 saturated heterocycles. The van der Waals surface area contributed by atoms with Crippen molar-refractivity contribution in [3.8, 4) is 5.75 Å². The van der Waals surface area contributed by atoms with Crippen LogP contribution in [0.25, 0.3) is 0 Å². The number of aliphatic carboxylic acids is 1. The zero-order chi connectivity index (χ0) is 16.2. The van der Waals surface area contributed by atoms with E-state index in [0.29, 0.717) is 5.92 Å². The first kappa shape index (κ1) is 15.6. The minimum absolute atomic E-state index is 0.279. The Bertz CT molecular complexity index is 646. The average molecular weight is 311 g/mol. The number of hydrogen-bond donors (Lipinski definition) is 2. The molecule has 0 radical (unpaired) electrons. The second kappa shape index (κ2) is 6.84. The summed E-state index contributed by atoms with van der Waals surface area (Å²) in [5, 5.41) is 19.0. The molecule has 2 aromatic carbocycles. The fraction of sp³-hybridized carbons (Fsp3) is 0.316. The van der Waals surface area contributed by atoms with Gasteiger partial charge in [0.15, 0.2) is 0 Å². The van der Waals surface area contributed by atoms with Gasteiger partial charge in [-0.05, 0) is 55.1 Å². The minimum Gasteiger partial charge on any atom is -0.508 e. The summed E-state index contributed by atoms with van der Waals surface area (Å²) in [5.74, 6) is -0.0856. The van der Waals surface area contributed by atoms with E-state index in [4.69, 9.17) is 0 Å². The molecule has 1 aliphatic rings. The van der Waals surface area contributed by atoms with Crippen LogP contribution < -0.4 is 0 Å². The summed E-state index contributed by atoms with van der Waals surface area (Å²) in [6, 6.07) is 16.2. The van der Waals surface area contributed by atoms with Crippen molar-refractivity contribution >= 4 is 5.97 Å². The maximum atomic E-state index is 11.7. The third kappa shape index (κ3) is 3.54. The van der Waals surface area contributed by atoms with Gasteiger partial charge < -0.3 is 10.2 Å². The molecule has 2 N–H and O–H groups in total. The summed E-state index contributed by atoms with van der Waals surface area (Å²) < 4.78 is 0. The van der Waals surface area contributed by atoms with Crippen LogP contribution in [0.5, 0.6) is 5.75 Å². The van der Waals surface area contributed by atoms with Crippen LogP contribution >= 0.6 is 0 Å². The van der Waals surface area contributed by atoms with E-state index in [2.05, 4.69) is 4.90 Å². The van der Waals surface area contributed by atoms with Gasteiger partial charge in [0, 0.05) is 0 Å². The molecule has 0 spiro atoms. The summed E-state index contributed by atoms with van der Waals surface area (Å²) in [4.78, 5) is 13.8. The van der Waals surface area contributed by atoms with Crippen LogP contribution in [-0.4, -0.2) is 34.2 Å². The van der Waals surface area contributed by atoms with E-state index in [1.54, 1.807) is 12.1 Å². The highest BCUT2D eigenvalue weighted by molar-refractivity contribution is 5.75. The Morgan fingerprint density at radius 2 is 1.61 bits per heavy atom. The summed E-state index contributed by atoms with van der Waals surface area (Å²) in [6.45, 7) is 1.52. The normalized spacial score (nSPS) is 17.7. The molecule has 4 heteroatoms. The first-order valence-corrected chi connectivity index (χ1v) is 7.96. The van der Waals surface area contributed by atoms with Crippen molar-refractivity contribution in [3.05, 3.63) is 65.7 Å². The molecule has 0 unspecified atom stereocenters. The van der Waals surface area contributed by atoms with Gasteiger partial charge in [-0.1, -0.05) is 42.5 Å². The molecule has 0 aliphatic carbocycles. The minimum atomic E-state index is -0.792. The maximum Gasteiger partial charge on any atom is 0.325 e. The van der Waals surface area contributed by atoms with E-state index in [1.807, 2.05) is 42.5 Å². The smallest absolute Gasteiger partial charge is 0.325 e. The Kier molecular flexibility index (Phi) is 4.63. The number of nitrogens with zero attached hydrogens (tertiary/aromatic N) is 1. The molecule has 1 atom stereocenters. The maximum absolute atomic E-state index is 11.7. The highest BCUT2D eigenvalue weighted by atomic mass is 16.4. The number of rotatable bonds is 4.